The Labute approximate surface area is 209 Å². The van der Waals surface area contributed by atoms with Crippen molar-refractivity contribution in [2.24, 2.45) is 11.7 Å². The molecule has 10 nitrogen and oxygen atoms in total. The minimum Gasteiger partial charge on any atom is -0.508 e. The van der Waals surface area contributed by atoms with Crippen molar-refractivity contribution in [3.8, 4) is 5.75 Å². The van der Waals surface area contributed by atoms with Crippen LogP contribution in [0.15, 0.2) is 46.9 Å². The molecule has 190 valence electrons. The van der Waals surface area contributed by atoms with Crippen LogP contribution in [0.25, 0.3) is 11.1 Å². The third-order valence-corrected chi connectivity index (χ3v) is 6.38. The van der Waals surface area contributed by atoms with Crippen molar-refractivity contribution in [1.29, 1.82) is 0 Å². The van der Waals surface area contributed by atoms with Gasteiger partial charge in [0, 0.05) is 31.9 Å². The van der Waals surface area contributed by atoms with Gasteiger partial charge in [0.2, 0.25) is 17.4 Å². The number of carbonyl (C=O) groups is 3. The number of phenolic OH excluding ortho intramolecular Hbond substituents is 1. The first-order chi connectivity index (χ1) is 17.3. The number of rotatable bonds is 3. The van der Waals surface area contributed by atoms with Gasteiger partial charge in [0.1, 0.15) is 11.4 Å². The van der Waals surface area contributed by atoms with Gasteiger partial charge in [-0.05, 0) is 56.9 Å². The van der Waals surface area contributed by atoms with Crippen LogP contribution in [0.4, 0.5) is 10.5 Å². The van der Waals surface area contributed by atoms with Gasteiger partial charge in [-0.3, -0.25) is 9.59 Å². The smallest absolute Gasteiger partial charge is 0.321 e. The molecule has 1 atom stereocenters. The first-order valence-electron chi connectivity index (χ1n) is 12.1. The Bertz CT molecular complexity index is 1240. The van der Waals surface area contributed by atoms with Crippen molar-refractivity contribution in [2.45, 2.75) is 32.6 Å². The molecule has 0 spiro atoms. The van der Waals surface area contributed by atoms with Crippen LogP contribution in [0.1, 0.15) is 41.9 Å². The van der Waals surface area contributed by atoms with Crippen LogP contribution in [0, 0.1) is 12.8 Å². The van der Waals surface area contributed by atoms with Crippen molar-refractivity contribution in [2.75, 3.05) is 31.5 Å². The molecule has 0 aliphatic carbocycles. The molecule has 3 aromatic rings. The highest BCUT2D eigenvalue weighted by Gasteiger charge is 2.33. The number of phenols is 1. The van der Waals surface area contributed by atoms with Crippen LogP contribution in [0.3, 0.4) is 0 Å². The molecular formula is C26H31N5O5. The summed E-state index contributed by atoms with van der Waals surface area (Å²) in [4.78, 5) is 45.2. The van der Waals surface area contributed by atoms with E-state index in [1.165, 1.54) is 0 Å². The fourth-order valence-electron chi connectivity index (χ4n) is 4.54. The third-order valence-electron chi connectivity index (χ3n) is 6.38. The zero-order valence-corrected chi connectivity index (χ0v) is 20.3. The number of benzene rings is 1. The number of primary amides is 1. The molecule has 0 radical (unpaired) electrons. The number of likely N-dealkylation sites (tertiary alicyclic amines) is 2. The zero-order valence-electron chi connectivity index (χ0n) is 20.3. The lowest BCUT2D eigenvalue weighted by molar-refractivity contribution is -0.135. The van der Waals surface area contributed by atoms with Gasteiger partial charge in [0.15, 0.2) is 0 Å². The van der Waals surface area contributed by atoms with E-state index in [1.54, 1.807) is 48.2 Å². The van der Waals surface area contributed by atoms with E-state index in [4.69, 9.17) is 15.3 Å². The number of aromatic hydroxyl groups is 1. The highest BCUT2D eigenvalue weighted by Crippen LogP contribution is 2.31. The average Bonchev–Trinajstić information content (AvgIpc) is 3.53. The van der Waals surface area contributed by atoms with E-state index in [0.717, 1.165) is 44.5 Å². The number of aryl methyl sites for hydroxylation is 1. The van der Waals surface area contributed by atoms with Crippen LogP contribution in [-0.2, 0) is 4.79 Å². The number of anilines is 1. The average molecular weight is 494 g/mol. The second-order valence-corrected chi connectivity index (χ2v) is 9.06. The fourth-order valence-corrected chi connectivity index (χ4v) is 4.54. The molecule has 2 aliphatic heterocycles. The minimum atomic E-state index is -0.781. The lowest BCUT2D eigenvalue weighted by atomic mass is 9.97. The number of carbonyl (C=O) groups excluding carboxylic acids is 3. The van der Waals surface area contributed by atoms with Crippen LogP contribution in [-0.4, -0.2) is 63.9 Å². The molecule has 1 aromatic carbocycles. The number of furan rings is 1. The van der Waals surface area contributed by atoms with E-state index >= 15 is 0 Å². The second-order valence-electron chi connectivity index (χ2n) is 9.06. The normalized spacial score (nSPS) is 17.4. The Balaban J connectivity index is 0.000000375. The molecule has 0 saturated carbocycles. The molecule has 1 unspecified atom stereocenters. The van der Waals surface area contributed by atoms with Gasteiger partial charge < -0.3 is 30.4 Å². The first-order valence-corrected chi connectivity index (χ1v) is 12.1. The highest BCUT2D eigenvalue weighted by molar-refractivity contribution is 6.09. The maximum Gasteiger partial charge on any atom is 0.321 e. The van der Waals surface area contributed by atoms with E-state index in [2.05, 4.69) is 10.3 Å². The van der Waals surface area contributed by atoms with Crippen LogP contribution in [0.5, 0.6) is 5.75 Å². The van der Waals surface area contributed by atoms with Gasteiger partial charge in [-0.1, -0.05) is 18.2 Å². The third kappa shape index (κ3) is 5.76. The van der Waals surface area contributed by atoms with Crippen LogP contribution in [0.2, 0.25) is 0 Å². The van der Waals surface area contributed by atoms with Gasteiger partial charge in [0.25, 0.3) is 5.91 Å². The Morgan fingerprint density at radius 1 is 1.03 bits per heavy atom. The van der Waals surface area contributed by atoms with Gasteiger partial charge in [-0.2, -0.15) is 0 Å². The standard InChI is InChI=1S/C20H25N5O4.C6H6O/c1-12-6-7-14-15(16(17(21)26)29-18(14)22-12)23-20(28)25-10-4-5-13(11-25)19(27)24-8-2-3-9-24;7-6-4-2-1-3-5-6/h6-7,13H,2-5,8-11H2,1H3,(H2,21,26)(H,23,28);1-5,7H. The molecule has 5 rings (SSSR count). The van der Waals surface area contributed by atoms with Crippen molar-refractivity contribution in [3.63, 3.8) is 0 Å². The quantitative estimate of drug-likeness (QED) is 0.510. The van der Waals surface area contributed by atoms with E-state index in [0.29, 0.717) is 24.2 Å². The summed E-state index contributed by atoms with van der Waals surface area (Å²) in [6, 6.07) is 11.8. The van der Waals surface area contributed by atoms with Crippen LogP contribution < -0.4 is 11.1 Å². The highest BCUT2D eigenvalue weighted by atomic mass is 16.4. The number of hydrogen-bond acceptors (Lipinski definition) is 6. The summed E-state index contributed by atoms with van der Waals surface area (Å²) in [5.41, 5.74) is 6.61. The van der Waals surface area contributed by atoms with Crippen molar-refractivity contribution >= 4 is 34.6 Å². The largest absolute Gasteiger partial charge is 0.508 e. The molecule has 4 amide bonds. The van der Waals surface area contributed by atoms with Crippen molar-refractivity contribution < 1.29 is 23.9 Å². The number of urea groups is 1. The Kier molecular flexibility index (Phi) is 7.72. The number of piperidine rings is 1. The van der Waals surface area contributed by atoms with Crippen molar-refractivity contribution in [1.82, 2.24) is 14.8 Å². The first kappa shape index (κ1) is 25.0. The molecule has 4 heterocycles. The monoisotopic (exact) mass is 493 g/mol. The number of hydrogen-bond donors (Lipinski definition) is 3. The number of fused-ring (bicyclic) bond motifs is 1. The molecule has 2 fully saturated rings. The molecule has 2 aliphatic rings. The number of nitrogens with zero attached hydrogens (tertiary/aromatic N) is 3. The summed E-state index contributed by atoms with van der Waals surface area (Å²) in [6.07, 6.45) is 3.62. The molecule has 2 aromatic heterocycles. The number of pyridine rings is 1. The second kappa shape index (κ2) is 11.1. The van der Waals surface area contributed by atoms with E-state index in [-0.39, 0.29) is 35.0 Å². The Morgan fingerprint density at radius 2 is 1.72 bits per heavy atom. The lowest BCUT2D eigenvalue weighted by Gasteiger charge is -2.33. The summed E-state index contributed by atoms with van der Waals surface area (Å²) >= 11 is 0. The number of aromatic nitrogens is 1. The van der Waals surface area contributed by atoms with Gasteiger partial charge in [-0.25, -0.2) is 9.78 Å². The SMILES string of the molecule is Cc1ccc2c(NC(=O)N3CCCC(C(=O)N4CCCC4)C3)c(C(N)=O)oc2n1.Oc1ccccc1. The minimum absolute atomic E-state index is 0.131. The summed E-state index contributed by atoms with van der Waals surface area (Å²) in [5.74, 6) is -0.646. The number of nitrogens with two attached hydrogens (primary N) is 1. The maximum atomic E-state index is 12.9. The fraction of sp³-hybridized carbons (Fsp3) is 0.385. The van der Waals surface area contributed by atoms with Gasteiger partial charge in [0.05, 0.1) is 11.3 Å². The number of para-hydroxylation sites is 1. The lowest BCUT2D eigenvalue weighted by Crippen LogP contribution is -2.47. The summed E-state index contributed by atoms with van der Waals surface area (Å²) in [7, 11) is 0. The zero-order chi connectivity index (χ0) is 25.7. The van der Waals surface area contributed by atoms with E-state index in [1.807, 2.05) is 11.0 Å². The molecular weight excluding hydrogens is 462 g/mol. The number of amides is 4. The van der Waals surface area contributed by atoms with Gasteiger partial charge >= 0.3 is 6.03 Å². The molecule has 2 saturated heterocycles. The summed E-state index contributed by atoms with van der Waals surface area (Å²) in [5, 5.41) is 11.9. The topological polar surface area (TPSA) is 142 Å². The van der Waals surface area contributed by atoms with E-state index in [9.17, 15) is 14.4 Å². The van der Waals surface area contributed by atoms with Gasteiger partial charge in [-0.15, -0.1) is 0 Å². The van der Waals surface area contributed by atoms with E-state index < -0.39 is 5.91 Å². The molecule has 36 heavy (non-hydrogen) atoms. The predicted molar refractivity (Wildman–Crippen MR) is 135 cm³/mol. The molecule has 0 bridgehead atoms. The Hall–Kier alpha value is -4.08. The predicted octanol–water partition coefficient (Wildman–Crippen LogP) is 3.49. The molecule has 4 N–H and O–H groups in total. The summed E-state index contributed by atoms with van der Waals surface area (Å²) in [6.45, 7) is 4.32. The maximum absolute atomic E-state index is 12.9. The number of nitrogens with one attached hydrogen (secondary N) is 1. The van der Waals surface area contributed by atoms with Crippen LogP contribution >= 0.6 is 0 Å². The Morgan fingerprint density at radius 3 is 2.36 bits per heavy atom. The summed E-state index contributed by atoms with van der Waals surface area (Å²) < 4.78 is 5.48. The van der Waals surface area contributed by atoms with Crippen molar-refractivity contribution in [3.05, 3.63) is 53.9 Å². The molecule has 10 heteroatoms.